The zero-order valence-electron chi connectivity index (χ0n) is 59.8. The second kappa shape index (κ2) is 12.0. The van der Waals surface area contributed by atoms with Crippen LogP contribution in [0.5, 0.6) is 0 Å². The topological polar surface area (TPSA) is 26.3 Å². The lowest BCUT2D eigenvalue weighted by molar-refractivity contribution is 0.663. The summed E-state index contributed by atoms with van der Waals surface area (Å²) in [6.45, 7) is 0. The Morgan fingerprint density at radius 1 is 0.286 bits per heavy atom. The molecule has 0 saturated heterocycles. The van der Waals surface area contributed by atoms with Gasteiger partial charge in [-0.3, -0.25) is 0 Å². The standard InChI is InChI=1S/C54H32O2/c1-2-13-33(14-3-1)37-16-4-5-17-40(37)52-43-20-8-6-18-41(43)51(42-19-7-9-21-44(42)52)36-26-27-39-34(31-36)15-12-23-38(39)35-25-28-46-50(32-35)56-49-30-29-48-53(54(46)49)45-22-10-11-24-47(45)55-48/h1-32H/i1D,2D,3D,4D,5D,6D,7D,8D,9D,10D,11D,12D,13D,14D,15D,16D,17D,18D,19D,20D,21D,22D,23D,24D,25D,26D,27D,28D,29D,30D,31D,32D. The number of para-hydroxylation sites is 1. The fourth-order valence-corrected chi connectivity index (χ4v) is 7.03. The Hall–Kier alpha value is -7.42. The van der Waals surface area contributed by atoms with Gasteiger partial charge in [0.05, 0.1) is 43.9 Å². The fourth-order valence-electron chi connectivity index (χ4n) is 7.03. The van der Waals surface area contributed by atoms with E-state index in [0.717, 1.165) is 0 Å². The molecular weight excluding hydrogens is 681 g/mol. The quantitative estimate of drug-likeness (QED) is 0.168. The van der Waals surface area contributed by atoms with E-state index < -0.39 is 298 Å². The third-order valence-corrected chi connectivity index (χ3v) is 9.33. The van der Waals surface area contributed by atoms with Gasteiger partial charge in [-0.1, -0.05) is 157 Å². The predicted molar refractivity (Wildman–Crippen MR) is 235 cm³/mol. The van der Waals surface area contributed by atoms with Gasteiger partial charge in [0.2, 0.25) is 0 Å². The predicted octanol–water partition coefficient (Wildman–Crippen LogP) is 15.6. The van der Waals surface area contributed by atoms with Gasteiger partial charge in [0.1, 0.15) is 22.3 Å². The molecule has 2 heteroatoms. The van der Waals surface area contributed by atoms with Crippen molar-refractivity contribution >= 4 is 76.2 Å². The van der Waals surface area contributed by atoms with E-state index in [-0.39, 0.29) is 16.2 Å². The first-order valence-corrected chi connectivity index (χ1v) is 16.6. The van der Waals surface area contributed by atoms with E-state index >= 15 is 0 Å². The van der Waals surface area contributed by atoms with Crippen molar-refractivity contribution in [3.05, 3.63) is 193 Å². The van der Waals surface area contributed by atoms with Gasteiger partial charge in [0.25, 0.3) is 0 Å². The molecule has 0 bridgehead atoms. The maximum absolute atomic E-state index is 10.0. The van der Waals surface area contributed by atoms with Crippen LogP contribution in [0.15, 0.2) is 202 Å². The number of hydrogen-bond acceptors (Lipinski definition) is 2. The van der Waals surface area contributed by atoms with Crippen LogP contribution >= 0.6 is 0 Å². The lowest BCUT2D eigenvalue weighted by atomic mass is 9.83. The highest BCUT2D eigenvalue weighted by molar-refractivity contribution is 6.26. The van der Waals surface area contributed by atoms with Crippen LogP contribution in [0.4, 0.5) is 0 Å². The van der Waals surface area contributed by atoms with Gasteiger partial charge >= 0.3 is 0 Å². The van der Waals surface area contributed by atoms with E-state index in [0.29, 0.717) is 0 Å². The van der Waals surface area contributed by atoms with Crippen molar-refractivity contribution in [2.45, 2.75) is 0 Å². The van der Waals surface area contributed by atoms with E-state index in [1.807, 2.05) is 0 Å². The maximum atomic E-state index is 10.0. The summed E-state index contributed by atoms with van der Waals surface area (Å²) in [6.07, 6.45) is 0. The number of benzene rings is 10. The second-order valence-corrected chi connectivity index (χ2v) is 12.3. The molecule has 56 heavy (non-hydrogen) atoms. The van der Waals surface area contributed by atoms with Crippen LogP contribution in [-0.4, -0.2) is 0 Å². The number of furan rings is 2. The smallest absolute Gasteiger partial charge is 0.136 e. The number of fused-ring (bicyclic) bond motifs is 10. The van der Waals surface area contributed by atoms with Gasteiger partial charge in [-0.25, -0.2) is 0 Å². The molecular formula is C54H32O2. The molecule has 2 nitrogen and oxygen atoms in total. The van der Waals surface area contributed by atoms with Crippen LogP contribution in [0.25, 0.3) is 121 Å². The molecule has 12 rings (SSSR count). The van der Waals surface area contributed by atoms with Crippen LogP contribution in [0.2, 0.25) is 0 Å². The van der Waals surface area contributed by atoms with Gasteiger partial charge in [0.15, 0.2) is 0 Å². The van der Waals surface area contributed by atoms with E-state index in [1.54, 1.807) is 0 Å². The molecule has 0 atom stereocenters. The minimum absolute atomic E-state index is 0.250. The Labute approximate surface area is 367 Å². The van der Waals surface area contributed by atoms with Crippen molar-refractivity contribution < 1.29 is 52.7 Å². The molecule has 2 heterocycles. The summed E-state index contributed by atoms with van der Waals surface area (Å²) in [6, 6.07) is -31.4. The van der Waals surface area contributed by atoms with Crippen LogP contribution in [-0.2, 0) is 0 Å². The maximum Gasteiger partial charge on any atom is 0.136 e. The van der Waals surface area contributed by atoms with Gasteiger partial charge in [0, 0.05) is 21.5 Å². The van der Waals surface area contributed by atoms with Crippen molar-refractivity contribution in [2.24, 2.45) is 0 Å². The first kappa shape index (κ1) is 13.1. The highest BCUT2D eigenvalue weighted by atomic mass is 16.3. The monoisotopic (exact) mass is 744 g/mol. The molecule has 0 spiro atoms. The summed E-state index contributed by atoms with van der Waals surface area (Å²) in [5, 5.41) is -6.33. The Balaban J connectivity index is 1.28. The number of rotatable bonds is 4. The largest absolute Gasteiger partial charge is 0.456 e. The molecule has 0 saturated carbocycles. The lowest BCUT2D eigenvalue weighted by Gasteiger charge is -2.20. The molecule has 0 aliphatic rings. The molecule has 0 aliphatic carbocycles. The van der Waals surface area contributed by atoms with E-state index in [1.165, 1.54) is 0 Å². The van der Waals surface area contributed by atoms with E-state index in [4.69, 9.17) is 32.1 Å². The first-order chi connectivity index (χ1) is 41.1. The van der Waals surface area contributed by atoms with Crippen LogP contribution < -0.4 is 0 Å². The third-order valence-electron chi connectivity index (χ3n) is 9.33. The van der Waals surface area contributed by atoms with Crippen molar-refractivity contribution in [3.8, 4) is 44.5 Å². The van der Waals surface area contributed by atoms with Crippen molar-refractivity contribution in [1.82, 2.24) is 0 Å². The summed E-state index contributed by atoms with van der Waals surface area (Å²) in [7, 11) is 0. The molecule has 0 amide bonds. The average Bonchev–Trinajstić information content (AvgIpc) is 1.01. The zero-order chi connectivity index (χ0) is 64.6. The van der Waals surface area contributed by atoms with Gasteiger partial charge < -0.3 is 8.83 Å². The van der Waals surface area contributed by atoms with Gasteiger partial charge in [-0.2, -0.15) is 0 Å². The zero-order valence-corrected chi connectivity index (χ0v) is 27.8. The first-order valence-electron chi connectivity index (χ1n) is 32.6. The van der Waals surface area contributed by atoms with Crippen molar-refractivity contribution in [2.75, 3.05) is 0 Å². The Bertz CT molecular complexity index is 5300. The number of hydrogen-bond donors (Lipinski definition) is 0. The Morgan fingerprint density at radius 3 is 1.55 bits per heavy atom. The molecule has 0 aliphatic heterocycles. The molecule has 0 unspecified atom stereocenters. The second-order valence-electron chi connectivity index (χ2n) is 12.3. The molecule has 10 aromatic carbocycles. The normalized spacial score (nSPS) is 19.9. The van der Waals surface area contributed by atoms with Crippen molar-refractivity contribution in [1.29, 1.82) is 0 Å². The summed E-state index contributed by atoms with van der Waals surface area (Å²) in [4.78, 5) is 0. The third kappa shape index (κ3) is 4.57. The summed E-state index contributed by atoms with van der Waals surface area (Å²) in [5.41, 5.74) is -8.94. The fraction of sp³-hybridized carbons (Fsp3) is 0. The minimum Gasteiger partial charge on any atom is -0.456 e. The molecule has 2 aromatic heterocycles. The van der Waals surface area contributed by atoms with E-state index in [2.05, 4.69) is 0 Å². The molecule has 260 valence electrons. The lowest BCUT2D eigenvalue weighted by Crippen LogP contribution is -1.93. The molecule has 0 N–H and O–H groups in total. The highest BCUT2D eigenvalue weighted by Crippen LogP contribution is 2.47. The van der Waals surface area contributed by atoms with Crippen molar-refractivity contribution in [3.63, 3.8) is 0 Å². The summed E-state index contributed by atoms with van der Waals surface area (Å²) < 4.78 is 304. The highest BCUT2D eigenvalue weighted by Gasteiger charge is 2.20. The van der Waals surface area contributed by atoms with E-state index in [9.17, 15) is 20.6 Å². The average molecular weight is 745 g/mol. The Kier molecular flexibility index (Phi) is 2.82. The molecule has 12 aromatic rings. The minimum atomic E-state index is -1.17. The van der Waals surface area contributed by atoms with Crippen LogP contribution in [0.1, 0.15) is 43.9 Å². The molecule has 0 fully saturated rings. The van der Waals surface area contributed by atoms with Gasteiger partial charge in [-0.15, -0.1) is 0 Å². The summed E-state index contributed by atoms with van der Waals surface area (Å²) >= 11 is 0. The molecule has 0 radical (unpaired) electrons. The van der Waals surface area contributed by atoms with Gasteiger partial charge in [-0.05, 0) is 113 Å². The van der Waals surface area contributed by atoms with Crippen LogP contribution in [0.3, 0.4) is 0 Å². The van der Waals surface area contributed by atoms with Crippen LogP contribution in [0, 0.1) is 0 Å². The summed E-state index contributed by atoms with van der Waals surface area (Å²) in [5.74, 6) is 0. The SMILES string of the molecule is [2H]c1c([2H])c([2H])c(-c2c([2H])c([2H])c([2H])c([2H])c2-c2c3c([2H])c([2H])c([2H])c([2H])c3c(-c3c([2H])c([2H])c4c(-c5c([2H])c([2H])c6c(oc7c([2H])c([2H])c8oc9c([2H])c([2H])c([2H])c([2H])c9c8c76)c5[2H])c([2H])c([2H])c([2H])c4c3[2H])c3c([2H])c([2H])c([2H])c([2H])c23)c([2H])c1[2H]. The Morgan fingerprint density at radius 2 is 0.821 bits per heavy atom.